The number of benzene rings is 2. The maximum atomic E-state index is 11.1. The molecule has 0 aliphatic heterocycles. The van der Waals surface area contributed by atoms with E-state index in [1.54, 1.807) is 18.2 Å². The standard InChI is InChI=1S/C15H17N3O2/c1-2-20-12-6-4-11(5-7-12)18-14-8-3-10(15(17)19)9-13(14)16/h3-9,18H,2,16H2,1H3,(H2,17,19). The normalized spacial score (nSPS) is 10.1. The Hall–Kier alpha value is -2.69. The van der Waals surface area contributed by atoms with Crippen LogP contribution in [0.2, 0.25) is 0 Å². The molecule has 2 aromatic rings. The van der Waals surface area contributed by atoms with Crippen LogP contribution in [0.1, 0.15) is 17.3 Å². The Kier molecular flexibility index (Phi) is 4.10. The number of anilines is 3. The van der Waals surface area contributed by atoms with Gasteiger partial charge >= 0.3 is 0 Å². The molecule has 5 heteroatoms. The zero-order valence-corrected chi connectivity index (χ0v) is 11.2. The zero-order valence-electron chi connectivity index (χ0n) is 11.2. The number of carbonyl (C=O) groups is 1. The summed E-state index contributed by atoms with van der Waals surface area (Å²) in [5.41, 5.74) is 13.6. The minimum atomic E-state index is -0.496. The second kappa shape index (κ2) is 5.97. The Morgan fingerprint density at radius 1 is 1.20 bits per heavy atom. The predicted octanol–water partition coefficient (Wildman–Crippen LogP) is 2.51. The molecular weight excluding hydrogens is 254 g/mol. The fraction of sp³-hybridized carbons (Fsp3) is 0.133. The third-order valence-electron chi connectivity index (χ3n) is 2.78. The van der Waals surface area contributed by atoms with Gasteiger partial charge in [0.25, 0.3) is 0 Å². The SMILES string of the molecule is CCOc1ccc(Nc2ccc(C(N)=O)cc2N)cc1. The summed E-state index contributed by atoms with van der Waals surface area (Å²) in [5.74, 6) is 0.319. The van der Waals surface area contributed by atoms with Gasteiger partial charge in [-0.2, -0.15) is 0 Å². The van der Waals surface area contributed by atoms with Gasteiger partial charge in [0.15, 0.2) is 0 Å². The summed E-state index contributed by atoms with van der Waals surface area (Å²) in [6, 6.07) is 12.5. The summed E-state index contributed by atoms with van der Waals surface area (Å²) >= 11 is 0. The van der Waals surface area contributed by atoms with Gasteiger partial charge in [0, 0.05) is 11.3 Å². The fourth-order valence-corrected chi connectivity index (χ4v) is 1.79. The number of nitrogen functional groups attached to an aromatic ring is 1. The molecule has 2 rings (SSSR count). The third-order valence-corrected chi connectivity index (χ3v) is 2.78. The molecule has 20 heavy (non-hydrogen) atoms. The van der Waals surface area contributed by atoms with Crippen molar-refractivity contribution < 1.29 is 9.53 Å². The lowest BCUT2D eigenvalue weighted by Gasteiger charge is -2.11. The van der Waals surface area contributed by atoms with Gasteiger partial charge in [-0.1, -0.05) is 0 Å². The van der Waals surface area contributed by atoms with Crippen LogP contribution in [-0.4, -0.2) is 12.5 Å². The summed E-state index contributed by atoms with van der Waals surface area (Å²) in [7, 11) is 0. The Labute approximate surface area is 117 Å². The van der Waals surface area contributed by atoms with Gasteiger partial charge in [0.05, 0.1) is 18.0 Å². The quantitative estimate of drug-likeness (QED) is 0.729. The molecule has 0 bridgehead atoms. The molecule has 0 aliphatic rings. The lowest BCUT2D eigenvalue weighted by atomic mass is 10.1. The first kappa shape index (κ1) is 13.7. The van der Waals surface area contributed by atoms with Gasteiger partial charge in [-0.05, 0) is 49.4 Å². The number of hydrogen-bond donors (Lipinski definition) is 3. The smallest absolute Gasteiger partial charge is 0.248 e. The first-order chi connectivity index (χ1) is 9.60. The van der Waals surface area contributed by atoms with Crippen molar-refractivity contribution in [3.8, 4) is 5.75 Å². The minimum Gasteiger partial charge on any atom is -0.494 e. The molecule has 104 valence electrons. The molecule has 0 aliphatic carbocycles. The van der Waals surface area contributed by atoms with Crippen molar-refractivity contribution in [2.24, 2.45) is 5.73 Å². The zero-order chi connectivity index (χ0) is 14.5. The molecular formula is C15H17N3O2. The second-order valence-electron chi connectivity index (χ2n) is 4.25. The van der Waals surface area contributed by atoms with Crippen LogP contribution in [0.5, 0.6) is 5.75 Å². The van der Waals surface area contributed by atoms with E-state index in [1.807, 2.05) is 31.2 Å². The lowest BCUT2D eigenvalue weighted by molar-refractivity contribution is 0.100. The summed E-state index contributed by atoms with van der Waals surface area (Å²) in [6.45, 7) is 2.57. The average molecular weight is 271 g/mol. The van der Waals surface area contributed by atoms with Gasteiger partial charge in [0.2, 0.25) is 5.91 Å². The minimum absolute atomic E-state index is 0.389. The van der Waals surface area contributed by atoms with Crippen LogP contribution in [0.3, 0.4) is 0 Å². The maximum Gasteiger partial charge on any atom is 0.248 e. The van der Waals surface area contributed by atoms with Crippen molar-refractivity contribution in [3.05, 3.63) is 48.0 Å². The number of hydrogen-bond acceptors (Lipinski definition) is 4. The molecule has 5 nitrogen and oxygen atoms in total. The highest BCUT2D eigenvalue weighted by atomic mass is 16.5. The Bertz CT molecular complexity index is 609. The van der Waals surface area contributed by atoms with Gasteiger partial charge in [-0.15, -0.1) is 0 Å². The second-order valence-corrected chi connectivity index (χ2v) is 4.25. The van der Waals surface area contributed by atoms with E-state index in [-0.39, 0.29) is 0 Å². The maximum absolute atomic E-state index is 11.1. The number of primary amides is 1. The van der Waals surface area contributed by atoms with Crippen molar-refractivity contribution in [2.75, 3.05) is 17.7 Å². The van der Waals surface area contributed by atoms with E-state index < -0.39 is 5.91 Å². The van der Waals surface area contributed by atoms with Gasteiger partial charge in [0.1, 0.15) is 5.75 Å². The lowest BCUT2D eigenvalue weighted by Crippen LogP contribution is -2.11. The molecule has 0 aromatic heterocycles. The Morgan fingerprint density at radius 3 is 2.45 bits per heavy atom. The molecule has 5 N–H and O–H groups in total. The summed E-state index contributed by atoms with van der Waals surface area (Å²) in [4.78, 5) is 11.1. The molecule has 0 saturated heterocycles. The molecule has 0 unspecified atom stereocenters. The molecule has 0 spiro atoms. The number of nitrogens with two attached hydrogens (primary N) is 2. The van der Waals surface area contributed by atoms with E-state index in [4.69, 9.17) is 16.2 Å². The van der Waals surface area contributed by atoms with Crippen molar-refractivity contribution >= 4 is 23.0 Å². The van der Waals surface area contributed by atoms with Crippen LogP contribution in [-0.2, 0) is 0 Å². The van der Waals surface area contributed by atoms with Gasteiger partial charge < -0.3 is 21.5 Å². The average Bonchev–Trinajstić information content (AvgIpc) is 2.43. The van der Waals surface area contributed by atoms with Crippen molar-refractivity contribution in [3.63, 3.8) is 0 Å². The third kappa shape index (κ3) is 3.20. The first-order valence-electron chi connectivity index (χ1n) is 6.29. The number of amides is 1. The molecule has 1 amide bonds. The highest BCUT2D eigenvalue weighted by Gasteiger charge is 2.05. The van der Waals surface area contributed by atoms with E-state index in [0.29, 0.717) is 17.9 Å². The Balaban J connectivity index is 2.15. The van der Waals surface area contributed by atoms with Crippen LogP contribution in [0.25, 0.3) is 0 Å². The molecule has 0 radical (unpaired) electrons. The summed E-state index contributed by atoms with van der Waals surface area (Å²) < 4.78 is 5.37. The van der Waals surface area contributed by atoms with E-state index in [1.165, 1.54) is 0 Å². The molecule has 0 atom stereocenters. The monoisotopic (exact) mass is 271 g/mol. The van der Waals surface area contributed by atoms with Crippen molar-refractivity contribution in [2.45, 2.75) is 6.92 Å². The largest absolute Gasteiger partial charge is 0.494 e. The highest BCUT2D eigenvalue weighted by Crippen LogP contribution is 2.25. The van der Waals surface area contributed by atoms with Crippen molar-refractivity contribution in [1.82, 2.24) is 0 Å². The predicted molar refractivity (Wildman–Crippen MR) is 80.3 cm³/mol. The van der Waals surface area contributed by atoms with Gasteiger partial charge in [-0.3, -0.25) is 4.79 Å². The topological polar surface area (TPSA) is 90.4 Å². The van der Waals surface area contributed by atoms with Crippen LogP contribution in [0, 0.1) is 0 Å². The van der Waals surface area contributed by atoms with Crippen LogP contribution in [0.15, 0.2) is 42.5 Å². The number of ether oxygens (including phenoxy) is 1. The molecule has 0 heterocycles. The highest BCUT2D eigenvalue weighted by molar-refractivity contribution is 5.95. The van der Waals surface area contributed by atoms with Gasteiger partial charge in [-0.25, -0.2) is 0 Å². The number of carbonyl (C=O) groups excluding carboxylic acids is 1. The molecule has 2 aromatic carbocycles. The van der Waals surface area contributed by atoms with Crippen LogP contribution >= 0.6 is 0 Å². The first-order valence-corrected chi connectivity index (χ1v) is 6.29. The van der Waals surface area contributed by atoms with Crippen LogP contribution in [0.4, 0.5) is 17.1 Å². The van der Waals surface area contributed by atoms with E-state index in [0.717, 1.165) is 17.1 Å². The van der Waals surface area contributed by atoms with Crippen molar-refractivity contribution in [1.29, 1.82) is 0 Å². The molecule has 0 saturated carbocycles. The van der Waals surface area contributed by atoms with E-state index in [2.05, 4.69) is 5.32 Å². The fourth-order valence-electron chi connectivity index (χ4n) is 1.79. The van der Waals surface area contributed by atoms with Crippen LogP contribution < -0.4 is 21.5 Å². The van der Waals surface area contributed by atoms with E-state index >= 15 is 0 Å². The molecule has 0 fully saturated rings. The Morgan fingerprint density at radius 2 is 1.90 bits per heavy atom. The van der Waals surface area contributed by atoms with E-state index in [9.17, 15) is 4.79 Å². The summed E-state index contributed by atoms with van der Waals surface area (Å²) in [5, 5.41) is 3.17. The summed E-state index contributed by atoms with van der Waals surface area (Å²) in [6.07, 6.45) is 0. The number of nitrogens with one attached hydrogen (secondary N) is 1. The number of rotatable bonds is 5.